The van der Waals surface area contributed by atoms with E-state index in [2.05, 4.69) is 10.6 Å². The second-order valence-corrected chi connectivity index (χ2v) is 8.49. The Morgan fingerprint density at radius 3 is 2.47 bits per heavy atom. The number of nitrogens with zero attached hydrogens (tertiary/aromatic N) is 2. The molecule has 1 aliphatic heterocycles. The number of hydrogen-bond acceptors (Lipinski definition) is 6. The first-order valence-corrected chi connectivity index (χ1v) is 9.78. The lowest BCUT2D eigenvalue weighted by Crippen LogP contribution is -2.53. The molecule has 164 valence electrons. The van der Waals surface area contributed by atoms with Gasteiger partial charge in [-0.05, 0) is 65.8 Å². The Morgan fingerprint density at radius 1 is 1.27 bits per heavy atom. The van der Waals surface area contributed by atoms with E-state index in [1.807, 2.05) is 13.0 Å². The summed E-state index contributed by atoms with van der Waals surface area (Å²) in [7, 11) is 0. The van der Waals surface area contributed by atoms with Gasteiger partial charge in [-0.2, -0.15) is 5.26 Å². The lowest BCUT2D eigenvalue weighted by Gasteiger charge is -2.35. The lowest BCUT2D eigenvalue weighted by molar-refractivity contribution is -0.0756. The number of hydrogen-bond donors (Lipinski definition) is 2. The fourth-order valence-electron chi connectivity index (χ4n) is 3.25. The van der Waals surface area contributed by atoms with Crippen LogP contribution in [-0.4, -0.2) is 53.6 Å². The van der Waals surface area contributed by atoms with E-state index in [1.54, 1.807) is 58.9 Å². The number of rotatable bonds is 5. The van der Waals surface area contributed by atoms with E-state index in [-0.39, 0.29) is 25.3 Å². The minimum Gasteiger partial charge on any atom is -0.479 e. The first-order chi connectivity index (χ1) is 13.9. The quantitative estimate of drug-likeness (QED) is 0.757. The van der Waals surface area contributed by atoms with Gasteiger partial charge in [0.1, 0.15) is 23.1 Å². The molecular formula is C21H30N4O5. The van der Waals surface area contributed by atoms with Crippen molar-refractivity contribution in [2.24, 2.45) is 0 Å². The minimum atomic E-state index is -0.857. The maximum Gasteiger partial charge on any atom is 0.412 e. The molecule has 0 radical (unpaired) electrons. The molecule has 0 spiro atoms. The first-order valence-electron chi connectivity index (χ1n) is 9.78. The second kappa shape index (κ2) is 9.22. The third kappa shape index (κ3) is 6.26. The van der Waals surface area contributed by atoms with Gasteiger partial charge in [0.05, 0.1) is 12.1 Å². The summed E-state index contributed by atoms with van der Waals surface area (Å²) < 4.78 is 16.6. The van der Waals surface area contributed by atoms with E-state index in [9.17, 15) is 9.59 Å². The SMILES string of the molecule is C[C@H]1OC(C)(C)N(C(=O)OC(C)(C)C)[C@H]1CNC(=O)Nc1ccc(OCC#N)cc1. The summed E-state index contributed by atoms with van der Waals surface area (Å²) in [4.78, 5) is 26.6. The molecule has 1 aromatic carbocycles. The molecule has 1 saturated heterocycles. The van der Waals surface area contributed by atoms with Gasteiger partial charge in [-0.1, -0.05) is 0 Å². The molecule has 1 fully saturated rings. The highest BCUT2D eigenvalue weighted by molar-refractivity contribution is 5.89. The lowest BCUT2D eigenvalue weighted by atomic mass is 10.1. The molecule has 0 saturated carbocycles. The molecule has 1 heterocycles. The van der Waals surface area contributed by atoms with Crippen molar-refractivity contribution in [3.8, 4) is 11.8 Å². The van der Waals surface area contributed by atoms with Crippen LogP contribution in [0, 0.1) is 11.3 Å². The Morgan fingerprint density at radius 2 is 1.90 bits per heavy atom. The molecule has 1 aromatic rings. The summed E-state index contributed by atoms with van der Waals surface area (Å²) in [6, 6.07) is 7.75. The van der Waals surface area contributed by atoms with Crippen molar-refractivity contribution in [3.63, 3.8) is 0 Å². The van der Waals surface area contributed by atoms with Crippen molar-refractivity contribution in [3.05, 3.63) is 24.3 Å². The predicted molar refractivity (Wildman–Crippen MR) is 111 cm³/mol. The summed E-state index contributed by atoms with van der Waals surface area (Å²) in [5, 5.41) is 14.0. The van der Waals surface area contributed by atoms with Crippen LogP contribution in [0.5, 0.6) is 5.75 Å². The Bertz CT molecular complexity index is 795. The van der Waals surface area contributed by atoms with Gasteiger partial charge in [0.15, 0.2) is 6.61 Å². The molecule has 2 N–H and O–H groups in total. The van der Waals surface area contributed by atoms with Crippen LogP contribution in [0.15, 0.2) is 24.3 Å². The maximum atomic E-state index is 12.7. The van der Waals surface area contributed by atoms with Crippen molar-refractivity contribution in [1.82, 2.24) is 10.2 Å². The van der Waals surface area contributed by atoms with Crippen LogP contribution in [0.2, 0.25) is 0 Å². The predicted octanol–water partition coefficient (Wildman–Crippen LogP) is 3.47. The van der Waals surface area contributed by atoms with Crippen LogP contribution >= 0.6 is 0 Å². The summed E-state index contributed by atoms with van der Waals surface area (Å²) >= 11 is 0. The normalized spacial score (nSPS) is 20.2. The maximum absolute atomic E-state index is 12.7. The summed E-state index contributed by atoms with van der Waals surface area (Å²) in [6.07, 6.45) is -0.776. The zero-order valence-electron chi connectivity index (χ0n) is 18.3. The van der Waals surface area contributed by atoms with Crippen molar-refractivity contribution in [2.45, 2.75) is 65.0 Å². The number of benzene rings is 1. The van der Waals surface area contributed by atoms with Crippen molar-refractivity contribution >= 4 is 17.8 Å². The number of urea groups is 1. The molecule has 0 aromatic heterocycles. The fraction of sp³-hybridized carbons (Fsp3) is 0.571. The van der Waals surface area contributed by atoms with Gasteiger partial charge >= 0.3 is 12.1 Å². The smallest absolute Gasteiger partial charge is 0.412 e. The van der Waals surface area contributed by atoms with Crippen LogP contribution in [-0.2, 0) is 9.47 Å². The highest BCUT2D eigenvalue weighted by Gasteiger charge is 2.49. The summed E-state index contributed by atoms with van der Waals surface area (Å²) in [5.41, 5.74) is -0.932. The number of amides is 3. The van der Waals surface area contributed by atoms with Gasteiger partial charge in [-0.25, -0.2) is 9.59 Å². The number of ether oxygens (including phenoxy) is 3. The van der Waals surface area contributed by atoms with E-state index in [0.29, 0.717) is 11.4 Å². The number of nitrogens with one attached hydrogen (secondary N) is 2. The van der Waals surface area contributed by atoms with Gasteiger partial charge in [0, 0.05) is 12.2 Å². The molecular weight excluding hydrogens is 388 g/mol. The largest absolute Gasteiger partial charge is 0.479 e. The molecule has 0 unspecified atom stereocenters. The average Bonchev–Trinajstić information content (AvgIpc) is 2.85. The second-order valence-electron chi connectivity index (χ2n) is 8.49. The van der Waals surface area contributed by atoms with E-state index in [0.717, 1.165) is 0 Å². The highest BCUT2D eigenvalue weighted by Crippen LogP contribution is 2.33. The van der Waals surface area contributed by atoms with Gasteiger partial charge in [-0.15, -0.1) is 0 Å². The Kier molecular flexibility index (Phi) is 7.16. The summed E-state index contributed by atoms with van der Waals surface area (Å²) in [5.74, 6) is 0.537. The topological polar surface area (TPSA) is 113 Å². The zero-order chi connectivity index (χ0) is 22.5. The van der Waals surface area contributed by atoms with Crippen molar-refractivity contribution < 1.29 is 23.8 Å². The molecule has 2 rings (SSSR count). The Labute approximate surface area is 177 Å². The van der Waals surface area contributed by atoms with Crippen LogP contribution in [0.25, 0.3) is 0 Å². The molecule has 2 atom stereocenters. The molecule has 0 aliphatic carbocycles. The van der Waals surface area contributed by atoms with Gasteiger partial charge in [0.25, 0.3) is 0 Å². The van der Waals surface area contributed by atoms with E-state index >= 15 is 0 Å². The molecule has 30 heavy (non-hydrogen) atoms. The van der Waals surface area contributed by atoms with Gasteiger partial charge in [0.2, 0.25) is 0 Å². The first kappa shape index (κ1) is 23.3. The third-order valence-corrected chi connectivity index (χ3v) is 4.41. The van der Waals surface area contributed by atoms with Crippen LogP contribution in [0.3, 0.4) is 0 Å². The van der Waals surface area contributed by atoms with E-state index in [4.69, 9.17) is 19.5 Å². The van der Waals surface area contributed by atoms with Gasteiger partial charge in [-0.3, -0.25) is 4.90 Å². The molecule has 1 aliphatic rings. The zero-order valence-corrected chi connectivity index (χ0v) is 18.3. The molecule has 0 bridgehead atoms. The van der Waals surface area contributed by atoms with Crippen molar-refractivity contribution in [2.75, 3.05) is 18.5 Å². The number of anilines is 1. The Balaban J connectivity index is 1.97. The standard InChI is InChI=1S/C21H30N4O5/c1-14-17(25(21(5,6)29-14)19(27)30-20(2,3)4)13-23-18(26)24-15-7-9-16(10-8-15)28-12-11-22/h7-10,14,17H,12-13H2,1-6H3,(H2,23,24,26)/t14-,17+/m1/s1. The summed E-state index contributed by atoms with van der Waals surface area (Å²) in [6.45, 7) is 11.0. The third-order valence-electron chi connectivity index (χ3n) is 4.41. The minimum absolute atomic E-state index is 0.0423. The fourth-order valence-corrected chi connectivity index (χ4v) is 3.25. The van der Waals surface area contributed by atoms with Crippen LogP contribution in [0.1, 0.15) is 41.5 Å². The highest BCUT2D eigenvalue weighted by atomic mass is 16.6. The van der Waals surface area contributed by atoms with Crippen LogP contribution < -0.4 is 15.4 Å². The molecule has 9 nitrogen and oxygen atoms in total. The molecule has 3 amide bonds. The van der Waals surface area contributed by atoms with Gasteiger partial charge < -0.3 is 24.8 Å². The average molecular weight is 418 g/mol. The van der Waals surface area contributed by atoms with E-state index in [1.165, 1.54) is 4.90 Å². The monoisotopic (exact) mass is 418 g/mol. The number of carbonyl (C=O) groups is 2. The number of carbonyl (C=O) groups excluding carboxylic acids is 2. The molecule has 9 heteroatoms. The Hall–Kier alpha value is -2.99. The number of nitriles is 1. The van der Waals surface area contributed by atoms with Crippen molar-refractivity contribution in [1.29, 1.82) is 5.26 Å². The van der Waals surface area contributed by atoms with E-state index < -0.39 is 23.5 Å². The van der Waals surface area contributed by atoms with Crippen LogP contribution in [0.4, 0.5) is 15.3 Å².